The summed E-state index contributed by atoms with van der Waals surface area (Å²) < 4.78 is 0. The number of imidazole rings is 1. The summed E-state index contributed by atoms with van der Waals surface area (Å²) in [6.07, 6.45) is 3.60. The number of nitrogens with zero attached hydrogens (tertiary/aromatic N) is 1. The molecule has 0 unspecified atom stereocenters. The lowest BCUT2D eigenvalue weighted by atomic mass is 10.3. The first-order valence-electron chi connectivity index (χ1n) is 3.99. The molecule has 0 aliphatic heterocycles. The molecule has 0 aliphatic carbocycles. The van der Waals surface area contributed by atoms with Crippen molar-refractivity contribution in [2.45, 2.75) is 0 Å². The third kappa shape index (κ3) is 1.47. The van der Waals surface area contributed by atoms with E-state index in [-0.39, 0.29) is 5.43 Å². The van der Waals surface area contributed by atoms with Gasteiger partial charge in [-0.2, -0.15) is 0 Å². The van der Waals surface area contributed by atoms with Crippen LogP contribution in [0.1, 0.15) is 10.5 Å². The topological polar surface area (TPSA) is 78.6 Å². The van der Waals surface area contributed by atoms with E-state index in [1.165, 1.54) is 24.5 Å². The molecule has 0 aromatic carbocycles. The molecule has 0 atom stereocenters. The zero-order valence-corrected chi connectivity index (χ0v) is 7.15. The zero-order valence-electron chi connectivity index (χ0n) is 7.15. The molecule has 14 heavy (non-hydrogen) atoms. The number of aromatic nitrogens is 3. The molecule has 2 aromatic rings. The monoisotopic (exact) mass is 189 g/mol. The number of hydrogen-bond acceptors (Lipinski definition) is 3. The third-order valence-electron chi connectivity index (χ3n) is 1.75. The Labute approximate surface area is 78.8 Å². The minimum Gasteiger partial charge on any atom is -0.358 e. The van der Waals surface area contributed by atoms with Gasteiger partial charge in [-0.05, 0) is 0 Å². The van der Waals surface area contributed by atoms with E-state index in [4.69, 9.17) is 0 Å². The maximum absolute atomic E-state index is 11.0. The first-order valence-corrected chi connectivity index (χ1v) is 3.99. The number of rotatable bonds is 2. The molecule has 5 nitrogen and oxygen atoms in total. The number of nitrogens with one attached hydrogen (secondary N) is 2. The van der Waals surface area contributed by atoms with E-state index in [0.29, 0.717) is 23.5 Å². The van der Waals surface area contributed by atoms with Gasteiger partial charge < -0.3 is 9.97 Å². The number of H-pyrrole nitrogens is 2. The largest absolute Gasteiger partial charge is 0.358 e. The van der Waals surface area contributed by atoms with Crippen LogP contribution in [0.2, 0.25) is 0 Å². The van der Waals surface area contributed by atoms with Crippen LogP contribution in [0.4, 0.5) is 0 Å². The first kappa shape index (κ1) is 8.43. The highest BCUT2D eigenvalue weighted by molar-refractivity contribution is 5.72. The maximum Gasteiger partial charge on any atom is 0.182 e. The Morgan fingerprint density at radius 1 is 1.43 bits per heavy atom. The highest BCUT2D eigenvalue weighted by Crippen LogP contribution is 2.08. The molecule has 0 radical (unpaired) electrons. The maximum atomic E-state index is 11.0. The Hall–Kier alpha value is -2.17. The molecule has 2 aromatic heterocycles. The van der Waals surface area contributed by atoms with Crippen LogP contribution in [0.3, 0.4) is 0 Å². The Morgan fingerprint density at radius 3 is 2.93 bits per heavy atom. The summed E-state index contributed by atoms with van der Waals surface area (Å²) in [5.41, 5.74) is 0.832. The van der Waals surface area contributed by atoms with Gasteiger partial charge in [0.15, 0.2) is 17.5 Å². The van der Waals surface area contributed by atoms with Crippen LogP contribution in [0.5, 0.6) is 0 Å². The van der Waals surface area contributed by atoms with Crippen LogP contribution >= 0.6 is 0 Å². The molecule has 0 fully saturated rings. The summed E-state index contributed by atoms with van der Waals surface area (Å²) in [6, 6.07) is 2.82. The quantitative estimate of drug-likeness (QED) is 0.678. The fourth-order valence-electron chi connectivity index (χ4n) is 1.11. The van der Waals surface area contributed by atoms with Gasteiger partial charge in [0.1, 0.15) is 0 Å². The van der Waals surface area contributed by atoms with Crippen LogP contribution < -0.4 is 5.43 Å². The van der Waals surface area contributed by atoms with Crippen molar-refractivity contribution in [1.82, 2.24) is 15.0 Å². The van der Waals surface area contributed by atoms with E-state index < -0.39 is 0 Å². The summed E-state index contributed by atoms with van der Waals surface area (Å²) in [4.78, 5) is 30.9. The van der Waals surface area contributed by atoms with Crippen molar-refractivity contribution in [2.24, 2.45) is 0 Å². The molecule has 2 N–H and O–H groups in total. The van der Waals surface area contributed by atoms with Gasteiger partial charge in [-0.3, -0.25) is 9.59 Å². The fraction of sp³-hybridized carbons (Fsp3) is 0. The van der Waals surface area contributed by atoms with Gasteiger partial charge in [-0.1, -0.05) is 0 Å². The van der Waals surface area contributed by atoms with Gasteiger partial charge in [-0.25, -0.2) is 4.98 Å². The van der Waals surface area contributed by atoms with Crippen molar-refractivity contribution in [2.75, 3.05) is 0 Å². The van der Waals surface area contributed by atoms with Crippen LogP contribution in [0.15, 0.2) is 29.3 Å². The second-order valence-electron chi connectivity index (χ2n) is 2.74. The third-order valence-corrected chi connectivity index (χ3v) is 1.75. The molecular weight excluding hydrogens is 182 g/mol. The average Bonchev–Trinajstić information content (AvgIpc) is 2.66. The van der Waals surface area contributed by atoms with E-state index in [1.54, 1.807) is 0 Å². The van der Waals surface area contributed by atoms with E-state index in [1.807, 2.05) is 0 Å². The van der Waals surface area contributed by atoms with Crippen molar-refractivity contribution >= 4 is 6.29 Å². The Morgan fingerprint density at radius 2 is 2.29 bits per heavy atom. The van der Waals surface area contributed by atoms with E-state index in [0.717, 1.165) is 0 Å². The highest BCUT2D eigenvalue weighted by atomic mass is 16.1. The van der Waals surface area contributed by atoms with Crippen molar-refractivity contribution in [1.29, 1.82) is 0 Å². The molecule has 5 heteroatoms. The fourth-order valence-corrected chi connectivity index (χ4v) is 1.11. The normalized spacial score (nSPS) is 10.0. The molecule has 2 heterocycles. The Balaban J connectivity index is 2.49. The van der Waals surface area contributed by atoms with Crippen LogP contribution in [-0.2, 0) is 0 Å². The lowest BCUT2D eigenvalue weighted by Crippen LogP contribution is -1.98. The number of carbonyl (C=O) groups excluding carboxylic acids is 1. The van der Waals surface area contributed by atoms with E-state index in [2.05, 4.69) is 15.0 Å². The summed E-state index contributed by atoms with van der Waals surface area (Å²) in [7, 11) is 0. The minimum absolute atomic E-state index is 0.109. The van der Waals surface area contributed by atoms with Gasteiger partial charge in [0, 0.05) is 18.3 Å². The van der Waals surface area contributed by atoms with Gasteiger partial charge >= 0.3 is 0 Å². The van der Waals surface area contributed by atoms with E-state index >= 15 is 0 Å². The lowest BCUT2D eigenvalue weighted by molar-refractivity contribution is 0.111. The van der Waals surface area contributed by atoms with Crippen LogP contribution in [-0.4, -0.2) is 21.2 Å². The zero-order chi connectivity index (χ0) is 9.97. The highest BCUT2D eigenvalue weighted by Gasteiger charge is 2.02. The Kier molecular flexibility index (Phi) is 1.98. The van der Waals surface area contributed by atoms with Crippen LogP contribution in [0.25, 0.3) is 11.5 Å². The van der Waals surface area contributed by atoms with Crippen molar-refractivity contribution in [3.63, 3.8) is 0 Å². The Bertz CT molecular complexity index is 513. The van der Waals surface area contributed by atoms with Gasteiger partial charge in [0.25, 0.3) is 0 Å². The summed E-state index contributed by atoms with van der Waals surface area (Å²) in [6.45, 7) is 0. The van der Waals surface area contributed by atoms with Gasteiger partial charge in [0.2, 0.25) is 0 Å². The average molecular weight is 189 g/mol. The summed E-state index contributed by atoms with van der Waals surface area (Å²) >= 11 is 0. The summed E-state index contributed by atoms with van der Waals surface area (Å²) in [5.74, 6) is 0.477. The van der Waals surface area contributed by atoms with E-state index in [9.17, 15) is 9.59 Å². The van der Waals surface area contributed by atoms with Gasteiger partial charge in [-0.15, -0.1) is 0 Å². The number of hydrogen-bond donors (Lipinski definition) is 2. The predicted octanol–water partition coefficient (Wildman–Crippen LogP) is 0.577. The van der Waals surface area contributed by atoms with Crippen molar-refractivity contribution < 1.29 is 4.79 Å². The molecule has 0 aliphatic rings. The molecule has 0 spiro atoms. The lowest BCUT2D eigenvalue weighted by Gasteiger charge is -1.94. The SMILES string of the molecule is O=Cc1cnc(-c2cc(=O)cc[nH]2)[nH]1. The van der Waals surface area contributed by atoms with Crippen LogP contribution in [0, 0.1) is 0 Å². The van der Waals surface area contributed by atoms with Gasteiger partial charge in [0.05, 0.1) is 17.6 Å². The standard InChI is InChI=1S/C9H7N3O2/c13-5-6-4-11-9(12-6)8-3-7(14)1-2-10-8/h1-5H,(H,10,14)(H,11,12). The molecule has 2 rings (SSSR count). The first-order chi connectivity index (χ1) is 6.79. The molecule has 0 amide bonds. The molecule has 0 saturated heterocycles. The molecule has 70 valence electrons. The molecular formula is C9H7N3O2. The number of pyridine rings is 1. The van der Waals surface area contributed by atoms with Crippen molar-refractivity contribution in [3.05, 3.63) is 40.4 Å². The smallest absolute Gasteiger partial charge is 0.182 e. The van der Waals surface area contributed by atoms with Crippen molar-refractivity contribution in [3.8, 4) is 11.5 Å². The second-order valence-corrected chi connectivity index (χ2v) is 2.74. The molecule has 0 saturated carbocycles. The molecule has 0 bridgehead atoms. The second kappa shape index (κ2) is 3.29. The number of carbonyl (C=O) groups is 1. The predicted molar refractivity (Wildman–Crippen MR) is 50.0 cm³/mol. The number of aldehydes is 1. The summed E-state index contributed by atoms with van der Waals surface area (Å²) in [5, 5.41) is 0. The minimum atomic E-state index is -0.109. The number of aromatic amines is 2.